The Kier molecular flexibility index (Phi) is 5.63. The lowest BCUT2D eigenvalue weighted by atomic mass is 9.85. The van der Waals surface area contributed by atoms with Crippen molar-refractivity contribution < 1.29 is 24.2 Å². The Morgan fingerprint density at radius 1 is 1.23 bits per heavy atom. The molecule has 1 saturated carbocycles. The van der Waals surface area contributed by atoms with Gasteiger partial charge >= 0.3 is 12.1 Å². The van der Waals surface area contributed by atoms with Gasteiger partial charge in [0.2, 0.25) is 0 Å². The maximum Gasteiger partial charge on any atom is 0.407 e. The maximum atomic E-state index is 11.8. The van der Waals surface area contributed by atoms with Gasteiger partial charge in [-0.2, -0.15) is 0 Å². The average molecular weight is 307 g/mol. The summed E-state index contributed by atoms with van der Waals surface area (Å²) in [6.07, 6.45) is 2.50. The molecule has 0 bridgehead atoms. The molecular weight excluding hydrogens is 286 g/mol. The molecule has 6 heteroatoms. The van der Waals surface area contributed by atoms with Gasteiger partial charge in [-0.15, -0.1) is 0 Å². The predicted octanol–water partition coefficient (Wildman–Crippen LogP) is 2.56. The fraction of sp³-hybridized carbons (Fsp3) is 0.500. The van der Waals surface area contributed by atoms with Crippen LogP contribution in [0.25, 0.3) is 0 Å². The second kappa shape index (κ2) is 7.68. The van der Waals surface area contributed by atoms with Crippen LogP contribution in [0.3, 0.4) is 0 Å². The first kappa shape index (κ1) is 16.1. The van der Waals surface area contributed by atoms with Crippen molar-refractivity contribution in [2.45, 2.75) is 38.3 Å². The number of amides is 1. The van der Waals surface area contributed by atoms with E-state index in [2.05, 4.69) is 5.32 Å². The number of alkyl carbamates (subject to hydrolysis) is 1. The maximum absolute atomic E-state index is 11.8. The molecule has 2 rings (SSSR count). The molecule has 0 unspecified atom stereocenters. The standard InChI is InChI=1S/C16H21NO5/c1-21-12-8-6-11(7-9-12)10-22-16(20)17-14-5-3-2-4-13(14)15(18)19/h6-9,13-14H,2-5,10H2,1H3,(H,17,20)(H,18,19)/t13-,14-/m1/s1. The van der Waals surface area contributed by atoms with E-state index in [1.807, 2.05) is 12.1 Å². The molecular formula is C16H21NO5. The summed E-state index contributed by atoms with van der Waals surface area (Å²) < 4.78 is 10.2. The molecule has 1 aromatic rings. The lowest BCUT2D eigenvalue weighted by molar-refractivity contribution is -0.143. The van der Waals surface area contributed by atoms with Crippen molar-refractivity contribution in [3.63, 3.8) is 0 Å². The van der Waals surface area contributed by atoms with E-state index >= 15 is 0 Å². The third-order valence-corrected chi connectivity index (χ3v) is 3.92. The second-order valence-corrected chi connectivity index (χ2v) is 5.40. The van der Waals surface area contributed by atoms with E-state index in [4.69, 9.17) is 9.47 Å². The van der Waals surface area contributed by atoms with Gasteiger partial charge in [0.1, 0.15) is 12.4 Å². The fourth-order valence-electron chi connectivity index (χ4n) is 2.66. The number of hydrogen-bond donors (Lipinski definition) is 2. The van der Waals surface area contributed by atoms with E-state index in [1.54, 1.807) is 19.2 Å². The highest BCUT2D eigenvalue weighted by Crippen LogP contribution is 2.24. The Labute approximate surface area is 129 Å². The van der Waals surface area contributed by atoms with Crippen LogP contribution in [-0.2, 0) is 16.1 Å². The first-order valence-electron chi connectivity index (χ1n) is 7.39. The molecule has 1 aliphatic carbocycles. The molecule has 2 N–H and O–H groups in total. The van der Waals surface area contributed by atoms with E-state index in [-0.39, 0.29) is 12.6 Å². The zero-order chi connectivity index (χ0) is 15.9. The van der Waals surface area contributed by atoms with Gasteiger partial charge in [-0.05, 0) is 30.5 Å². The smallest absolute Gasteiger partial charge is 0.407 e. The number of carbonyl (C=O) groups excluding carboxylic acids is 1. The molecule has 1 aliphatic rings. The van der Waals surface area contributed by atoms with Crippen molar-refractivity contribution in [2.75, 3.05) is 7.11 Å². The summed E-state index contributed by atoms with van der Waals surface area (Å²) in [4.78, 5) is 23.0. The third kappa shape index (κ3) is 4.38. The molecule has 0 heterocycles. The molecule has 0 saturated heterocycles. The Morgan fingerprint density at radius 2 is 1.91 bits per heavy atom. The van der Waals surface area contributed by atoms with Crippen molar-refractivity contribution in [3.05, 3.63) is 29.8 Å². The van der Waals surface area contributed by atoms with E-state index in [9.17, 15) is 14.7 Å². The Hall–Kier alpha value is -2.24. The van der Waals surface area contributed by atoms with Crippen LogP contribution in [-0.4, -0.2) is 30.3 Å². The topological polar surface area (TPSA) is 84.9 Å². The zero-order valence-electron chi connectivity index (χ0n) is 12.6. The van der Waals surface area contributed by atoms with Gasteiger partial charge < -0.3 is 19.9 Å². The van der Waals surface area contributed by atoms with Gasteiger partial charge in [0, 0.05) is 6.04 Å². The number of methoxy groups -OCH3 is 1. The second-order valence-electron chi connectivity index (χ2n) is 5.40. The summed E-state index contributed by atoms with van der Waals surface area (Å²) in [5.41, 5.74) is 0.842. The number of ether oxygens (including phenoxy) is 2. The first-order chi connectivity index (χ1) is 10.6. The van der Waals surface area contributed by atoms with Crippen molar-refractivity contribution in [1.82, 2.24) is 5.32 Å². The number of benzene rings is 1. The summed E-state index contributed by atoms with van der Waals surface area (Å²) in [6, 6.07) is 6.85. The SMILES string of the molecule is COc1ccc(COC(=O)N[C@@H]2CCCC[C@H]2C(=O)O)cc1. The summed E-state index contributed by atoms with van der Waals surface area (Å²) in [5.74, 6) is -0.651. The molecule has 22 heavy (non-hydrogen) atoms. The normalized spacial score (nSPS) is 21.0. The minimum atomic E-state index is -0.861. The largest absolute Gasteiger partial charge is 0.497 e. The number of nitrogens with one attached hydrogen (secondary N) is 1. The molecule has 6 nitrogen and oxygen atoms in total. The Bertz CT molecular complexity index is 514. The summed E-state index contributed by atoms with van der Waals surface area (Å²) in [7, 11) is 1.59. The molecule has 0 spiro atoms. The van der Waals surface area contributed by atoms with Crippen LogP contribution >= 0.6 is 0 Å². The lowest BCUT2D eigenvalue weighted by Crippen LogP contribution is -2.45. The Balaban J connectivity index is 1.82. The molecule has 1 amide bonds. The molecule has 2 atom stereocenters. The van der Waals surface area contributed by atoms with Crippen LogP contribution in [0, 0.1) is 5.92 Å². The highest BCUT2D eigenvalue weighted by atomic mass is 16.5. The number of aliphatic carboxylic acids is 1. The number of hydrogen-bond acceptors (Lipinski definition) is 4. The predicted molar refractivity (Wildman–Crippen MR) is 79.7 cm³/mol. The molecule has 1 aromatic carbocycles. The van der Waals surface area contributed by atoms with E-state index in [0.717, 1.165) is 24.2 Å². The monoisotopic (exact) mass is 307 g/mol. The minimum absolute atomic E-state index is 0.139. The average Bonchev–Trinajstić information content (AvgIpc) is 2.53. The van der Waals surface area contributed by atoms with Gasteiger partial charge in [0.15, 0.2) is 0 Å². The summed E-state index contributed by atoms with van der Waals surface area (Å²) >= 11 is 0. The van der Waals surface area contributed by atoms with Crippen LogP contribution < -0.4 is 10.1 Å². The van der Waals surface area contributed by atoms with Crippen LogP contribution in [0.4, 0.5) is 4.79 Å². The fourth-order valence-corrected chi connectivity index (χ4v) is 2.66. The first-order valence-corrected chi connectivity index (χ1v) is 7.39. The van der Waals surface area contributed by atoms with Crippen LogP contribution in [0.15, 0.2) is 24.3 Å². The van der Waals surface area contributed by atoms with Crippen molar-refractivity contribution in [3.8, 4) is 5.75 Å². The van der Waals surface area contributed by atoms with E-state index in [1.165, 1.54) is 0 Å². The van der Waals surface area contributed by atoms with Crippen LogP contribution in [0.1, 0.15) is 31.2 Å². The van der Waals surface area contributed by atoms with Gasteiger partial charge in [-0.3, -0.25) is 4.79 Å². The molecule has 0 aromatic heterocycles. The van der Waals surface area contributed by atoms with Gasteiger partial charge in [-0.1, -0.05) is 25.0 Å². The van der Waals surface area contributed by atoms with E-state index < -0.39 is 18.0 Å². The summed E-state index contributed by atoms with van der Waals surface area (Å²) in [5, 5.41) is 11.9. The van der Waals surface area contributed by atoms with Gasteiger partial charge in [0.25, 0.3) is 0 Å². The van der Waals surface area contributed by atoms with Crippen LogP contribution in [0.5, 0.6) is 5.75 Å². The summed E-state index contributed by atoms with van der Waals surface area (Å²) in [6.45, 7) is 0.139. The Morgan fingerprint density at radius 3 is 2.55 bits per heavy atom. The zero-order valence-corrected chi connectivity index (χ0v) is 12.6. The molecule has 120 valence electrons. The van der Waals surface area contributed by atoms with Crippen molar-refractivity contribution in [1.29, 1.82) is 0 Å². The van der Waals surface area contributed by atoms with Gasteiger partial charge in [-0.25, -0.2) is 4.79 Å². The number of rotatable bonds is 5. The van der Waals surface area contributed by atoms with Crippen molar-refractivity contribution in [2.24, 2.45) is 5.92 Å². The van der Waals surface area contributed by atoms with Crippen molar-refractivity contribution >= 4 is 12.1 Å². The molecule has 0 aliphatic heterocycles. The molecule has 1 fully saturated rings. The number of carboxylic acids is 1. The van der Waals surface area contributed by atoms with Crippen LogP contribution in [0.2, 0.25) is 0 Å². The van der Waals surface area contributed by atoms with E-state index in [0.29, 0.717) is 12.8 Å². The highest BCUT2D eigenvalue weighted by Gasteiger charge is 2.32. The minimum Gasteiger partial charge on any atom is -0.497 e. The number of carbonyl (C=O) groups is 2. The lowest BCUT2D eigenvalue weighted by Gasteiger charge is -2.28. The van der Waals surface area contributed by atoms with Gasteiger partial charge in [0.05, 0.1) is 13.0 Å². The third-order valence-electron chi connectivity index (χ3n) is 3.92. The number of carboxylic acid groups (broad SMARTS) is 1. The quantitative estimate of drug-likeness (QED) is 0.873. The molecule has 0 radical (unpaired) electrons. The highest BCUT2D eigenvalue weighted by molar-refractivity contribution is 5.73.